The molecule has 3 aromatic carbocycles. The Labute approximate surface area is 196 Å². The van der Waals surface area contributed by atoms with E-state index >= 15 is 4.39 Å². The van der Waals surface area contributed by atoms with Crippen LogP contribution in [0.3, 0.4) is 0 Å². The minimum atomic E-state index is -5.53. The van der Waals surface area contributed by atoms with E-state index in [2.05, 4.69) is 9.47 Å². The van der Waals surface area contributed by atoms with Crippen molar-refractivity contribution in [1.29, 1.82) is 0 Å². The van der Waals surface area contributed by atoms with Crippen molar-refractivity contribution < 1.29 is 58.5 Å². The number of benzene rings is 3. The lowest BCUT2D eigenvalue weighted by molar-refractivity contribution is -0.276. The largest absolute Gasteiger partial charge is 0.573 e. The van der Waals surface area contributed by atoms with E-state index in [4.69, 9.17) is 0 Å². The van der Waals surface area contributed by atoms with Crippen LogP contribution in [0.2, 0.25) is 0 Å². The van der Waals surface area contributed by atoms with Crippen LogP contribution in [0, 0.1) is 29.1 Å². The van der Waals surface area contributed by atoms with Crippen molar-refractivity contribution in [3.8, 4) is 28.4 Å². The second-order valence-corrected chi connectivity index (χ2v) is 7.37. The van der Waals surface area contributed by atoms with Crippen LogP contribution in [0.5, 0.6) is 17.2 Å². The third-order valence-electron chi connectivity index (χ3n) is 4.75. The molecule has 13 heteroatoms. The van der Waals surface area contributed by atoms with E-state index in [1.54, 1.807) is 6.92 Å². The quantitative estimate of drug-likeness (QED) is 0.291. The van der Waals surface area contributed by atoms with Crippen LogP contribution in [-0.4, -0.2) is 6.36 Å². The summed E-state index contributed by atoms with van der Waals surface area (Å²) in [7, 11) is 0. The van der Waals surface area contributed by atoms with E-state index in [1.807, 2.05) is 0 Å². The number of hydrogen-bond donors (Lipinski definition) is 0. The number of halogens is 10. The minimum Gasteiger partial charge on any atom is -0.429 e. The van der Waals surface area contributed by atoms with Gasteiger partial charge >= 0.3 is 12.5 Å². The van der Waals surface area contributed by atoms with Gasteiger partial charge in [0, 0.05) is 23.8 Å². The zero-order valence-corrected chi connectivity index (χ0v) is 17.9. The first-order chi connectivity index (χ1) is 16.6. The van der Waals surface area contributed by atoms with Crippen molar-refractivity contribution >= 4 is 0 Å². The highest BCUT2D eigenvalue weighted by atomic mass is 19.4. The molecule has 3 rings (SSSR count). The van der Waals surface area contributed by atoms with Crippen molar-refractivity contribution in [1.82, 2.24) is 0 Å². The van der Waals surface area contributed by atoms with Gasteiger partial charge in [-0.25, -0.2) is 22.0 Å². The van der Waals surface area contributed by atoms with Gasteiger partial charge in [0.15, 0.2) is 23.2 Å². The lowest BCUT2D eigenvalue weighted by atomic mass is 9.97. The highest BCUT2D eigenvalue weighted by Gasteiger charge is 2.44. The maximum absolute atomic E-state index is 15.1. The molecule has 0 unspecified atom stereocenters. The summed E-state index contributed by atoms with van der Waals surface area (Å²) >= 11 is 0. The van der Waals surface area contributed by atoms with Crippen LogP contribution in [-0.2, 0) is 17.6 Å². The Morgan fingerprint density at radius 1 is 0.778 bits per heavy atom. The summed E-state index contributed by atoms with van der Waals surface area (Å²) in [6.45, 7) is 1.78. The molecule has 3 aromatic rings. The van der Waals surface area contributed by atoms with E-state index in [1.165, 1.54) is 6.07 Å². The number of ether oxygens (including phenoxy) is 2. The fourth-order valence-corrected chi connectivity index (χ4v) is 3.33. The number of aryl methyl sites for hydroxylation is 1. The molecular formula is C23H13F10O3. The van der Waals surface area contributed by atoms with Crippen molar-refractivity contribution in [2.24, 2.45) is 0 Å². The molecule has 3 nitrogen and oxygen atoms in total. The third kappa shape index (κ3) is 5.60. The Morgan fingerprint density at radius 2 is 1.39 bits per heavy atom. The molecule has 0 atom stereocenters. The molecule has 0 heterocycles. The summed E-state index contributed by atoms with van der Waals surface area (Å²) in [6, 6.07) is 2.81. The molecule has 1 radical (unpaired) electrons. The minimum absolute atomic E-state index is 0.0636. The molecule has 0 spiro atoms. The zero-order chi connectivity index (χ0) is 27.0. The molecule has 0 aliphatic carbocycles. The summed E-state index contributed by atoms with van der Waals surface area (Å²) in [5.41, 5.74) is -3.78. The standard InChI is InChI=1S/C23H13F10O3/c1-2-3-10-4-5-12(13(24)6-10)18-17(34)9-14(25)19(20(18)28)22(29,30)35-11-7-15(26)21(16(27)8-11)36-23(31,32)33/h4-9H,2-3H2,1H3. The zero-order valence-electron chi connectivity index (χ0n) is 17.9. The molecule has 0 aliphatic rings. The first kappa shape index (κ1) is 27.0. The third-order valence-corrected chi connectivity index (χ3v) is 4.75. The van der Waals surface area contributed by atoms with Gasteiger partial charge < -0.3 is 9.47 Å². The predicted molar refractivity (Wildman–Crippen MR) is 103 cm³/mol. The highest BCUT2D eigenvalue weighted by molar-refractivity contribution is 5.72. The van der Waals surface area contributed by atoms with Gasteiger partial charge in [0.05, 0.1) is 5.56 Å². The average Bonchev–Trinajstić information content (AvgIpc) is 2.71. The first-order valence-corrected chi connectivity index (χ1v) is 9.94. The molecule has 0 amide bonds. The van der Waals surface area contributed by atoms with Crippen LogP contribution < -0.4 is 9.47 Å². The number of rotatable bonds is 7. The lowest BCUT2D eigenvalue weighted by Gasteiger charge is -2.21. The Morgan fingerprint density at radius 3 is 1.92 bits per heavy atom. The van der Waals surface area contributed by atoms with E-state index in [0.717, 1.165) is 12.1 Å². The summed E-state index contributed by atoms with van der Waals surface area (Å²) in [5.74, 6) is -14.7. The van der Waals surface area contributed by atoms with Crippen molar-refractivity contribution in [2.75, 3.05) is 0 Å². The van der Waals surface area contributed by atoms with Crippen LogP contribution in [0.15, 0.2) is 36.4 Å². The first-order valence-electron chi connectivity index (χ1n) is 9.94. The highest BCUT2D eigenvalue weighted by Crippen LogP contribution is 2.44. The number of alkyl halides is 5. The molecular weight excluding hydrogens is 514 g/mol. The Kier molecular flexibility index (Phi) is 7.32. The smallest absolute Gasteiger partial charge is 0.429 e. The SMILES string of the molecule is CCCc1ccc(-c2c([O])cc(F)c(C(F)(F)Oc3cc(F)c(OC(F)(F)F)c(F)c3)c2F)c(F)c1. The monoisotopic (exact) mass is 527 g/mol. The van der Waals surface area contributed by atoms with Crippen LogP contribution >= 0.6 is 0 Å². The molecule has 0 saturated heterocycles. The Hall–Kier alpha value is -3.64. The second-order valence-electron chi connectivity index (χ2n) is 7.37. The summed E-state index contributed by atoms with van der Waals surface area (Å²) in [4.78, 5) is 0. The maximum atomic E-state index is 15.1. The molecule has 0 fully saturated rings. The van der Waals surface area contributed by atoms with Gasteiger partial charge in [-0.15, -0.1) is 13.2 Å². The van der Waals surface area contributed by atoms with Gasteiger partial charge in [0.1, 0.15) is 22.9 Å². The van der Waals surface area contributed by atoms with Gasteiger partial charge in [0.25, 0.3) is 0 Å². The lowest BCUT2D eigenvalue weighted by Crippen LogP contribution is -2.26. The van der Waals surface area contributed by atoms with E-state index in [0.29, 0.717) is 18.4 Å². The fourth-order valence-electron chi connectivity index (χ4n) is 3.33. The molecule has 36 heavy (non-hydrogen) atoms. The molecule has 0 bridgehead atoms. The normalized spacial score (nSPS) is 12.1. The molecule has 0 saturated carbocycles. The number of hydrogen-bond acceptors (Lipinski definition) is 2. The van der Waals surface area contributed by atoms with Gasteiger partial charge in [-0.1, -0.05) is 25.5 Å². The van der Waals surface area contributed by atoms with Gasteiger partial charge in [-0.3, -0.25) is 5.11 Å². The molecule has 0 aromatic heterocycles. The maximum Gasteiger partial charge on any atom is 0.573 e. The van der Waals surface area contributed by atoms with Gasteiger partial charge in [-0.05, 0) is 18.1 Å². The van der Waals surface area contributed by atoms with E-state index in [9.17, 15) is 44.6 Å². The topological polar surface area (TPSA) is 38.4 Å². The van der Waals surface area contributed by atoms with Gasteiger partial charge in [-0.2, -0.15) is 8.78 Å². The summed E-state index contributed by atoms with van der Waals surface area (Å²) in [6.07, 6.45) is -9.58. The van der Waals surface area contributed by atoms with E-state index in [-0.39, 0.29) is 18.2 Å². The van der Waals surface area contributed by atoms with Crippen molar-refractivity contribution in [3.63, 3.8) is 0 Å². The molecule has 0 aliphatic heterocycles. The van der Waals surface area contributed by atoms with Crippen molar-refractivity contribution in [2.45, 2.75) is 32.2 Å². The van der Waals surface area contributed by atoms with Crippen LogP contribution in [0.4, 0.5) is 43.9 Å². The van der Waals surface area contributed by atoms with Crippen molar-refractivity contribution in [3.05, 3.63) is 76.6 Å². The van der Waals surface area contributed by atoms with E-state index < -0.39 is 75.5 Å². The Bertz CT molecular complexity index is 1270. The fraction of sp³-hybridized carbons (Fsp3) is 0.217. The molecule has 193 valence electrons. The predicted octanol–water partition coefficient (Wildman–Crippen LogP) is 8.17. The Balaban J connectivity index is 2.06. The average molecular weight is 527 g/mol. The summed E-state index contributed by atoms with van der Waals surface area (Å²) in [5, 5.41) is 12.2. The molecule has 0 N–H and O–H groups in total. The van der Waals surface area contributed by atoms with Gasteiger partial charge in [0.2, 0.25) is 5.75 Å². The second kappa shape index (κ2) is 9.78. The summed E-state index contributed by atoms with van der Waals surface area (Å²) < 4.78 is 145. The van der Waals surface area contributed by atoms with Crippen LogP contribution in [0.25, 0.3) is 11.1 Å². The van der Waals surface area contributed by atoms with Crippen LogP contribution in [0.1, 0.15) is 24.5 Å².